The van der Waals surface area contributed by atoms with E-state index in [0.717, 1.165) is 34.6 Å². The predicted octanol–water partition coefficient (Wildman–Crippen LogP) is -21.9. The van der Waals surface area contributed by atoms with Crippen molar-refractivity contribution in [3.63, 3.8) is 0 Å². The molecule has 10 aliphatic heterocycles. The van der Waals surface area contributed by atoms with Crippen LogP contribution in [0.1, 0.15) is 48.0 Å². The number of carboxylic acid groups (broad SMARTS) is 1. The summed E-state index contributed by atoms with van der Waals surface area (Å²) in [5.41, 5.74) is 0. The monoisotopic (exact) mass is 1920 g/mol. The normalized spacial score (nSPS) is 47.5. The van der Waals surface area contributed by atoms with Gasteiger partial charge in [-0.25, -0.2) is 4.79 Å². The maximum Gasteiger partial charge on any atom is 0.364 e. The van der Waals surface area contributed by atoms with Crippen molar-refractivity contribution in [3.05, 3.63) is 0 Å². The Morgan fingerprint density at radius 2 is 0.664 bits per heavy atom. The highest BCUT2D eigenvalue weighted by molar-refractivity contribution is 5.77. The van der Waals surface area contributed by atoms with Crippen LogP contribution in [0.5, 0.6) is 0 Å². The second-order valence-electron chi connectivity index (χ2n) is 33.1. The molecule has 10 fully saturated rings. The summed E-state index contributed by atoms with van der Waals surface area (Å²) in [6.07, 6.45) is -95.8. The molecular weight excluding hydrogens is 1790 g/mol. The summed E-state index contributed by atoms with van der Waals surface area (Å²) in [7, 11) is 0. The maximum absolute atomic E-state index is 13.3. The van der Waals surface area contributed by atoms with Gasteiger partial charge in [0.2, 0.25) is 29.5 Å². The first-order valence-electron chi connectivity index (χ1n) is 41.6. The third-order valence-electron chi connectivity index (χ3n) is 23.8. The van der Waals surface area contributed by atoms with Gasteiger partial charge in [-0.1, -0.05) is 0 Å². The number of hydrogen-bond donors (Lipinski definition) is 33. The zero-order valence-corrected chi connectivity index (χ0v) is 70.7. The number of carbonyl (C=O) groups is 6. The van der Waals surface area contributed by atoms with Crippen LogP contribution < -0.4 is 26.6 Å². The van der Waals surface area contributed by atoms with Crippen LogP contribution in [0.4, 0.5) is 0 Å². The highest BCUT2D eigenvalue weighted by Gasteiger charge is 2.64. The highest BCUT2D eigenvalue weighted by Crippen LogP contribution is 2.43. The van der Waals surface area contributed by atoms with Gasteiger partial charge in [0.05, 0.1) is 77.7 Å². The molecule has 10 saturated heterocycles. The first-order valence-corrected chi connectivity index (χ1v) is 41.6. The van der Waals surface area contributed by atoms with Gasteiger partial charge in [-0.15, -0.1) is 0 Å². The van der Waals surface area contributed by atoms with E-state index in [1.54, 1.807) is 0 Å². The van der Waals surface area contributed by atoms with Crippen LogP contribution in [0, 0.1) is 0 Å². The van der Waals surface area contributed by atoms with Crippen molar-refractivity contribution >= 4 is 35.5 Å². The fourth-order valence-electron chi connectivity index (χ4n) is 17.0. The summed E-state index contributed by atoms with van der Waals surface area (Å²) in [5.74, 6) is -10.1. The van der Waals surface area contributed by atoms with E-state index in [-0.39, 0.29) is 0 Å². The minimum Gasteiger partial charge on any atom is -0.477 e. The minimum atomic E-state index is -3.28. The molecular formula is C73H121N5O53. The largest absolute Gasteiger partial charge is 0.477 e. The lowest BCUT2D eigenvalue weighted by Crippen LogP contribution is -2.71. The number of aliphatic carboxylic acids is 1. The number of amides is 5. The maximum atomic E-state index is 13.3. The Morgan fingerprint density at radius 1 is 0.328 bits per heavy atom. The fraction of sp³-hybridized carbons (Fsp3) is 0.918. The number of ether oxygens (including phenoxy) is 19. The molecule has 0 aromatic carbocycles. The van der Waals surface area contributed by atoms with Gasteiger partial charge in [0, 0.05) is 41.0 Å². The molecule has 0 aromatic rings. The summed E-state index contributed by atoms with van der Waals surface area (Å²) < 4.78 is 112. The van der Waals surface area contributed by atoms with Gasteiger partial charge in [-0.2, -0.15) is 0 Å². The van der Waals surface area contributed by atoms with E-state index in [0.29, 0.717) is 0 Å². The van der Waals surface area contributed by atoms with Crippen molar-refractivity contribution < 1.29 is 262 Å². The summed E-state index contributed by atoms with van der Waals surface area (Å²) in [4.78, 5) is 77.5. The van der Waals surface area contributed by atoms with Crippen LogP contribution in [0.15, 0.2) is 0 Å². The molecule has 5 amide bonds. The molecule has 0 aliphatic carbocycles. The lowest BCUT2D eigenvalue weighted by molar-refractivity contribution is -0.393. The Balaban J connectivity index is 0.845. The van der Waals surface area contributed by atoms with E-state index >= 15 is 0 Å². The molecule has 0 bridgehead atoms. The van der Waals surface area contributed by atoms with Gasteiger partial charge in [0.1, 0.15) is 232 Å². The Labute approximate surface area is 741 Å². The van der Waals surface area contributed by atoms with E-state index in [1.807, 2.05) is 0 Å². The van der Waals surface area contributed by atoms with Crippen molar-refractivity contribution in [2.75, 3.05) is 59.5 Å². The average molecular weight is 1920 g/mol. The highest BCUT2D eigenvalue weighted by atomic mass is 16.8. The molecule has 10 aliphatic rings. The number of aliphatic hydroxyl groups is 27. The first-order chi connectivity index (χ1) is 61.8. The molecule has 0 spiro atoms. The molecule has 58 nitrogen and oxygen atoms in total. The number of rotatable bonds is 35. The van der Waals surface area contributed by atoms with E-state index in [4.69, 9.17) is 90.0 Å². The number of hydrogen-bond acceptors (Lipinski definition) is 52. The summed E-state index contributed by atoms with van der Waals surface area (Å²) in [6, 6.07) is -9.48. The van der Waals surface area contributed by atoms with Gasteiger partial charge < -0.3 is 260 Å². The van der Waals surface area contributed by atoms with Crippen LogP contribution >= 0.6 is 0 Å². The molecule has 0 saturated carbocycles. The van der Waals surface area contributed by atoms with Crippen LogP contribution in [0.25, 0.3) is 0 Å². The molecule has 0 unspecified atom stereocenters. The SMILES string of the molecule is CC(=O)N[C@@H]1[C@@H](O[C@@H]2O[C@H](CO)[C@H](O)[C@H](O[C@]3(C(=O)O)C[C@H](O)[C@@H](NC(C)=O)[C@H]([C@H](O)[C@H](O)CO)O3)[C@H]2O)[C@@H](O)[C@@H](CO[C@@H]2O[C@H](CO)[C@@H](O[C@@H]3O[C@H](CO)[C@H](O)[C@H](O[C@@H]4O[C@H](CO)[C@@H](O[C@@H]5O[C@H](CO)[C@H](O)[C@H](O[C@@H]6O[C@H](CO)[C@@H](O[C@@H]7O[C@H](CO)[C@H](O)[C@H](O)[C@H]7O)[C@H](O[C@@H]7O[C@@H](C)[C@@H](O)[C@@H](O)[C@@H]7O)[C@H]6NC(C)=O)[C@H]5O)[C@H](O)[C@H]4NC(C)=O)[C@H]3O)[C@H](O)[C@H]2NC(C)=O)O[C@H]1O. The number of aliphatic hydroxyl groups excluding tert-OH is 27. The molecule has 51 atom stereocenters. The summed E-state index contributed by atoms with van der Waals surface area (Å²) in [6.45, 7) is -4.39. The van der Waals surface area contributed by atoms with Crippen LogP contribution in [0.3, 0.4) is 0 Å². The smallest absolute Gasteiger partial charge is 0.364 e. The topological polar surface area (TPSA) is 904 Å². The molecule has 0 radical (unpaired) electrons. The van der Waals surface area contributed by atoms with Gasteiger partial charge in [-0.05, 0) is 6.92 Å². The van der Waals surface area contributed by atoms with Crippen LogP contribution in [0.2, 0.25) is 0 Å². The average Bonchev–Trinajstić information content (AvgIpc) is 0.768. The third-order valence-corrected chi connectivity index (χ3v) is 23.8. The van der Waals surface area contributed by atoms with Crippen molar-refractivity contribution in [2.45, 2.75) is 360 Å². The molecule has 131 heavy (non-hydrogen) atoms. The minimum absolute atomic E-state index is 0.868. The van der Waals surface area contributed by atoms with Crippen molar-refractivity contribution in [2.24, 2.45) is 0 Å². The van der Waals surface area contributed by atoms with Gasteiger partial charge in [0.25, 0.3) is 5.79 Å². The second-order valence-corrected chi connectivity index (χ2v) is 33.1. The lowest BCUT2D eigenvalue weighted by Gasteiger charge is -2.52. The van der Waals surface area contributed by atoms with Gasteiger partial charge in [0.15, 0.2) is 56.6 Å². The first kappa shape index (κ1) is 108. The van der Waals surface area contributed by atoms with Crippen LogP contribution in [-0.2, 0) is 119 Å². The van der Waals surface area contributed by atoms with Crippen LogP contribution in [-0.4, -0.2) is 550 Å². The zero-order chi connectivity index (χ0) is 96.9. The Bertz CT molecular complexity index is 3660. The molecule has 10 heterocycles. The molecule has 10 rings (SSSR count). The van der Waals surface area contributed by atoms with E-state index in [2.05, 4.69) is 26.6 Å². The number of carboxylic acids is 1. The van der Waals surface area contributed by atoms with Crippen molar-refractivity contribution in [1.29, 1.82) is 0 Å². The summed E-state index contributed by atoms with van der Waals surface area (Å²) >= 11 is 0. The predicted molar refractivity (Wildman–Crippen MR) is 403 cm³/mol. The van der Waals surface area contributed by atoms with Gasteiger partial charge in [-0.3, -0.25) is 24.0 Å². The molecule has 0 aromatic heterocycles. The summed E-state index contributed by atoms with van der Waals surface area (Å²) in [5, 5.41) is 324. The fourth-order valence-corrected chi connectivity index (χ4v) is 17.0. The third kappa shape index (κ3) is 23.9. The van der Waals surface area contributed by atoms with Gasteiger partial charge >= 0.3 is 5.97 Å². The van der Waals surface area contributed by atoms with E-state index in [9.17, 15) is 172 Å². The van der Waals surface area contributed by atoms with Crippen molar-refractivity contribution in [3.8, 4) is 0 Å². The Morgan fingerprint density at radius 3 is 1.11 bits per heavy atom. The zero-order valence-electron chi connectivity index (χ0n) is 70.7. The Hall–Kier alpha value is -5.02. The van der Waals surface area contributed by atoms with E-state index < -0.39 is 414 Å². The molecule has 33 N–H and O–H groups in total. The second kappa shape index (κ2) is 46.6. The molecule has 58 heteroatoms. The Kier molecular flexibility index (Phi) is 38.4. The van der Waals surface area contributed by atoms with Crippen molar-refractivity contribution in [1.82, 2.24) is 26.6 Å². The molecule has 756 valence electrons. The quantitative estimate of drug-likeness (QED) is 0.0280. The number of carbonyl (C=O) groups excluding carboxylic acids is 5. The number of nitrogens with one attached hydrogen (secondary N) is 5. The standard InChI is InChI=1S/C73H121N5O53/c1-17-38(94)47(103)49(105)67(114-17)127-59-37(78-22(6)91)66(122-31(15-86)56(59)125-68-50(106)48(104)40(96)25(9-80)116-68)129-61-42(98)27(11-82)118-70(52(61)108)124-55-30(14-85)121-65(35(46(55)102)76-20(4)89)128-60-41(97)26(10-81)117-69(51(60)107)123-54-29(13-84)120-64(34(45(54)101)75-19(3)88)113-16-32-44(100)57(36(63(110)115-32)77-21(5)90)126-71-53(109)62(43(99)28(12-83)119-71)131-73(72(111)112)7-23(92)33(74-18(2)87)58(130-73)39(95)24(93)8-79/h17,23-71,79-86,92-110H,7-16H2,1-6H3,(H,74,87)(H,75,88)(H,76,89)(H,77,90)(H,78,91)(H,111,112)/t17-,23-,24+,25+,26+,27+,28+,29+,30+,31+,32+,33+,34+,35+,36+,37+,38+,39+,40-,41-,42-,43-,44-,45+,46+,47+,48-,49-,50+,51+,52+,53+,54+,55+,56+,57+,58+,59+,60-,61-,62-,63+,64+,65-,66-,67-,68-,69-,70-,71-,73-/m0/s1. The van der Waals surface area contributed by atoms with E-state index in [1.165, 1.54) is 6.92 Å². The lowest BCUT2D eigenvalue weighted by atomic mass is 9.88.